The van der Waals surface area contributed by atoms with Crippen LogP contribution in [0.2, 0.25) is 0 Å². The SMILES string of the molecule is COCCOc1ncnc(C2CC2)c1B1OC(C)(C)C(C)(C)O1. The molecule has 126 valence electrons. The minimum atomic E-state index is -0.505. The first-order valence-electron chi connectivity index (χ1n) is 8.18. The van der Waals surface area contributed by atoms with E-state index in [9.17, 15) is 0 Å². The Balaban J connectivity index is 1.93. The van der Waals surface area contributed by atoms with Crippen molar-refractivity contribution in [2.45, 2.75) is 57.7 Å². The molecule has 7 heteroatoms. The monoisotopic (exact) mass is 320 g/mol. The molecular formula is C16H25BN2O4. The average Bonchev–Trinajstić information content (AvgIpc) is 3.27. The molecule has 2 aliphatic rings. The van der Waals surface area contributed by atoms with Crippen molar-refractivity contribution in [1.82, 2.24) is 9.97 Å². The van der Waals surface area contributed by atoms with E-state index in [-0.39, 0.29) is 0 Å². The van der Waals surface area contributed by atoms with Crippen molar-refractivity contribution in [1.29, 1.82) is 0 Å². The van der Waals surface area contributed by atoms with E-state index in [2.05, 4.69) is 9.97 Å². The van der Waals surface area contributed by atoms with Crippen molar-refractivity contribution in [3.63, 3.8) is 0 Å². The zero-order chi connectivity index (χ0) is 16.7. The van der Waals surface area contributed by atoms with E-state index < -0.39 is 18.3 Å². The predicted octanol–water partition coefficient (Wildman–Crippen LogP) is 1.68. The molecule has 0 unspecified atom stereocenters. The maximum atomic E-state index is 6.20. The smallest absolute Gasteiger partial charge is 0.475 e. The molecule has 0 spiro atoms. The van der Waals surface area contributed by atoms with Gasteiger partial charge in [0, 0.05) is 13.0 Å². The summed E-state index contributed by atoms with van der Waals surface area (Å²) in [6.07, 6.45) is 3.84. The summed E-state index contributed by atoms with van der Waals surface area (Å²) < 4.78 is 23.3. The van der Waals surface area contributed by atoms with Crippen LogP contribution in [0.5, 0.6) is 5.88 Å². The Kier molecular flexibility index (Phi) is 4.38. The molecule has 1 aliphatic carbocycles. The molecule has 0 aromatic carbocycles. The van der Waals surface area contributed by atoms with Gasteiger partial charge >= 0.3 is 7.12 Å². The van der Waals surface area contributed by atoms with E-state index >= 15 is 0 Å². The maximum Gasteiger partial charge on any atom is 0.502 e. The highest BCUT2D eigenvalue weighted by Crippen LogP contribution is 2.41. The highest BCUT2D eigenvalue weighted by molar-refractivity contribution is 6.63. The van der Waals surface area contributed by atoms with Gasteiger partial charge in [0.2, 0.25) is 5.88 Å². The van der Waals surface area contributed by atoms with Crippen molar-refractivity contribution in [2.75, 3.05) is 20.3 Å². The number of nitrogens with zero attached hydrogens (tertiary/aromatic N) is 2. The van der Waals surface area contributed by atoms with Crippen molar-refractivity contribution in [2.24, 2.45) is 0 Å². The predicted molar refractivity (Wildman–Crippen MR) is 87.1 cm³/mol. The molecule has 23 heavy (non-hydrogen) atoms. The molecule has 1 saturated carbocycles. The highest BCUT2D eigenvalue weighted by Gasteiger charge is 2.54. The van der Waals surface area contributed by atoms with Crippen molar-refractivity contribution in [3.8, 4) is 5.88 Å². The van der Waals surface area contributed by atoms with Crippen LogP contribution in [0, 0.1) is 0 Å². The van der Waals surface area contributed by atoms with Gasteiger partial charge < -0.3 is 18.8 Å². The van der Waals surface area contributed by atoms with E-state index in [0.29, 0.717) is 25.0 Å². The molecular weight excluding hydrogens is 295 g/mol. The van der Waals surface area contributed by atoms with E-state index in [1.165, 1.54) is 0 Å². The van der Waals surface area contributed by atoms with Crippen molar-refractivity contribution in [3.05, 3.63) is 12.0 Å². The first-order chi connectivity index (χ1) is 10.9. The summed E-state index contributed by atoms with van der Waals surface area (Å²) in [5, 5.41) is 0. The zero-order valence-electron chi connectivity index (χ0n) is 14.6. The molecule has 1 aromatic rings. The van der Waals surface area contributed by atoms with E-state index in [1.807, 2.05) is 27.7 Å². The van der Waals surface area contributed by atoms with Gasteiger partial charge in [-0.3, -0.25) is 0 Å². The molecule has 1 aliphatic heterocycles. The number of hydrogen-bond acceptors (Lipinski definition) is 6. The number of ether oxygens (including phenoxy) is 2. The average molecular weight is 320 g/mol. The molecule has 2 fully saturated rings. The van der Waals surface area contributed by atoms with Crippen LogP contribution in [0.15, 0.2) is 6.33 Å². The summed E-state index contributed by atoms with van der Waals surface area (Å²) in [6.45, 7) is 9.10. The zero-order valence-corrected chi connectivity index (χ0v) is 14.6. The fourth-order valence-corrected chi connectivity index (χ4v) is 2.59. The second-order valence-electron chi connectivity index (χ2n) is 7.18. The van der Waals surface area contributed by atoms with Crippen LogP contribution >= 0.6 is 0 Å². The molecule has 0 radical (unpaired) electrons. The summed E-state index contributed by atoms with van der Waals surface area (Å²) in [7, 11) is 1.14. The number of hydrogen-bond donors (Lipinski definition) is 0. The minimum absolute atomic E-state index is 0.405. The molecule has 2 heterocycles. The van der Waals surface area contributed by atoms with Gasteiger partial charge in [0.15, 0.2) is 0 Å². The molecule has 0 bridgehead atoms. The van der Waals surface area contributed by atoms with Gasteiger partial charge in [-0.25, -0.2) is 9.97 Å². The number of aromatic nitrogens is 2. The lowest BCUT2D eigenvalue weighted by atomic mass is 9.77. The lowest BCUT2D eigenvalue weighted by Gasteiger charge is -2.32. The summed E-state index contributed by atoms with van der Waals surface area (Å²) in [5.41, 5.74) is 1.02. The Morgan fingerprint density at radius 2 is 1.78 bits per heavy atom. The Morgan fingerprint density at radius 3 is 2.35 bits per heavy atom. The Labute approximate surface area is 138 Å². The van der Waals surface area contributed by atoms with Gasteiger partial charge in [-0.05, 0) is 40.5 Å². The molecule has 1 saturated heterocycles. The number of methoxy groups -OCH3 is 1. The topological polar surface area (TPSA) is 62.7 Å². The van der Waals surface area contributed by atoms with Gasteiger partial charge in [0.05, 0.1) is 29.0 Å². The lowest BCUT2D eigenvalue weighted by Crippen LogP contribution is -2.41. The van der Waals surface area contributed by atoms with Crippen LogP contribution in [0.1, 0.15) is 52.1 Å². The number of rotatable bonds is 6. The second kappa shape index (κ2) is 6.04. The molecule has 0 amide bonds. The van der Waals surface area contributed by atoms with Crippen LogP contribution in [0.25, 0.3) is 0 Å². The Bertz CT molecular complexity index is 559. The van der Waals surface area contributed by atoms with E-state index in [4.69, 9.17) is 18.8 Å². The first kappa shape index (κ1) is 16.7. The molecule has 3 rings (SSSR count). The third kappa shape index (κ3) is 3.23. The van der Waals surface area contributed by atoms with Gasteiger partial charge in [-0.2, -0.15) is 0 Å². The molecule has 0 N–H and O–H groups in total. The Hall–Kier alpha value is -1.18. The fraction of sp³-hybridized carbons (Fsp3) is 0.750. The van der Waals surface area contributed by atoms with Gasteiger partial charge in [-0.1, -0.05) is 0 Å². The van der Waals surface area contributed by atoms with Gasteiger partial charge in [-0.15, -0.1) is 0 Å². The normalized spacial score (nSPS) is 22.4. The summed E-state index contributed by atoms with van der Waals surface area (Å²) in [5.74, 6) is 0.995. The lowest BCUT2D eigenvalue weighted by molar-refractivity contribution is 0.00578. The fourth-order valence-electron chi connectivity index (χ4n) is 2.59. The second-order valence-corrected chi connectivity index (χ2v) is 7.18. The van der Waals surface area contributed by atoms with Crippen LogP contribution in [-0.2, 0) is 14.0 Å². The van der Waals surface area contributed by atoms with Crippen molar-refractivity contribution < 1.29 is 18.8 Å². The third-order valence-corrected chi connectivity index (χ3v) is 4.86. The molecule has 1 aromatic heterocycles. The van der Waals surface area contributed by atoms with Crippen LogP contribution in [0.4, 0.5) is 0 Å². The first-order valence-corrected chi connectivity index (χ1v) is 8.18. The largest absolute Gasteiger partial charge is 0.502 e. The summed E-state index contributed by atoms with van der Waals surface area (Å²) in [6, 6.07) is 0. The molecule has 6 nitrogen and oxygen atoms in total. The minimum Gasteiger partial charge on any atom is -0.475 e. The Morgan fingerprint density at radius 1 is 1.13 bits per heavy atom. The third-order valence-electron chi connectivity index (χ3n) is 4.86. The van der Waals surface area contributed by atoms with Crippen LogP contribution in [0.3, 0.4) is 0 Å². The van der Waals surface area contributed by atoms with Crippen LogP contribution < -0.4 is 10.2 Å². The highest BCUT2D eigenvalue weighted by atomic mass is 16.7. The maximum absolute atomic E-state index is 6.20. The molecule has 0 atom stereocenters. The van der Waals surface area contributed by atoms with Crippen molar-refractivity contribution >= 4 is 12.6 Å². The van der Waals surface area contributed by atoms with Crippen LogP contribution in [-0.4, -0.2) is 48.6 Å². The van der Waals surface area contributed by atoms with Gasteiger partial charge in [0.25, 0.3) is 0 Å². The van der Waals surface area contributed by atoms with E-state index in [0.717, 1.165) is 24.0 Å². The summed E-state index contributed by atoms with van der Waals surface area (Å²) >= 11 is 0. The summed E-state index contributed by atoms with van der Waals surface area (Å²) in [4.78, 5) is 8.80. The quantitative estimate of drug-likeness (QED) is 0.587. The van der Waals surface area contributed by atoms with E-state index in [1.54, 1.807) is 13.4 Å². The van der Waals surface area contributed by atoms with Gasteiger partial charge in [0.1, 0.15) is 12.9 Å². The standard InChI is InChI=1S/C16H25BN2O4/c1-15(2)16(3,4)23-17(22-15)12-13(11-6-7-11)18-10-19-14(12)21-9-8-20-5/h10-11H,6-9H2,1-5H3.